The van der Waals surface area contributed by atoms with Crippen LogP contribution in [-0.4, -0.2) is 7.11 Å². The molecule has 1 aromatic rings. The summed E-state index contributed by atoms with van der Waals surface area (Å²) in [5.74, 6) is 0.868. The zero-order chi connectivity index (χ0) is 8.81. The molecule has 0 aliphatic rings. The van der Waals surface area contributed by atoms with E-state index in [1.165, 1.54) is 0 Å². The molecule has 0 aliphatic heterocycles. The molecular formula is C10H11NO. The number of methoxy groups -OCH3 is 1. The summed E-state index contributed by atoms with van der Waals surface area (Å²) in [6, 6.07) is 9.88. The van der Waals surface area contributed by atoms with Gasteiger partial charge in [-0.05, 0) is 18.1 Å². The molecule has 2 heteroatoms. The van der Waals surface area contributed by atoms with Crippen LogP contribution in [0.15, 0.2) is 24.3 Å². The minimum atomic E-state index is 0.542. The predicted octanol–water partition coefficient (Wildman–Crippen LogP) is 2.15. The Labute approximate surface area is 72.4 Å². The van der Waals surface area contributed by atoms with Gasteiger partial charge in [0.15, 0.2) is 0 Å². The second kappa shape index (κ2) is 4.40. The molecule has 0 unspecified atom stereocenters. The van der Waals surface area contributed by atoms with E-state index in [9.17, 15) is 0 Å². The summed E-state index contributed by atoms with van der Waals surface area (Å²) in [5, 5.41) is 8.40. The molecule has 0 fully saturated rings. The van der Waals surface area contributed by atoms with Gasteiger partial charge in [-0.25, -0.2) is 0 Å². The van der Waals surface area contributed by atoms with E-state index in [-0.39, 0.29) is 0 Å². The van der Waals surface area contributed by atoms with Gasteiger partial charge in [-0.1, -0.05) is 18.2 Å². The quantitative estimate of drug-likeness (QED) is 0.680. The zero-order valence-corrected chi connectivity index (χ0v) is 7.08. The van der Waals surface area contributed by atoms with E-state index in [0.717, 1.165) is 17.7 Å². The maximum absolute atomic E-state index is 8.40. The van der Waals surface area contributed by atoms with Gasteiger partial charge in [0.2, 0.25) is 0 Å². The Hall–Kier alpha value is -1.49. The molecule has 1 rings (SSSR count). The molecule has 62 valence electrons. The summed E-state index contributed by atoms with van der Waals surface area (Å²) < 4.78 is 5.13. The van der Waals surface area contributed by atoms with Crippen molar-refractivity contribution in [1.29, 1.82) is 5.26 Å². The molecular weight excluding hydrogens is 150 g/mol. The van der Waals surface area contributed by atoms with Crippen molar-refractivity contribution in [1.82, 2.24) is 0 Å². The molecule has 0 saturated carbocycles. The minimum absolute atomic E-state index is 0.542. The molecule has 0 aromatic heterocycles. The van der Waals surface area contributed by atoms with Gasteiger partial charge in [0.1, 0.15) is 5.75 Å². The van der Waals surface area contributed by atoms with Crippen molar-refractivity contribution in [2.75, 3.05) is 7.11 Å². The van der Waals surface area contributed by atoms with E-state index in [0.29, 0.717) is 6.42 Å². The Morgan fingerprint density at radius 2 is 2.17 bits per heavy atom. The first kappa shape index (κ1) is 8.61. The molecule has 1 aromatic carbocycles. The number of para-hydroxylation sites is 1. The summed E-state index contributed by atoms with van der Waals surface area (Å²) in [6.07, 6.45) is 1.31. The summed E-state index contributed by atoms with van der Waals surface area (Å²) in [4.78, 5) is 0. The van der Waals surface area contributed by atoms with Crippen molar-refractivity contribution < 1.29 is 4.74 Å². The zero-order valence-electron chi connectivity index (χ0n) is 7.08. The van der Waals surface area contributed by atoms with Crippen LogP contribution in [0.3, 0.4) is 0 Å². The second-order valence-corrected chi connectivity index (χ2v) is 2.47. The Morgan fingerprint density at radius 1 is 1.42 bits per heavy atom. The number of aryl methyl sites for hydroxylation is 1. The van der Waals surface area contributed by atoms with Gasteiger partial charge in [-0.15, -0.1) is 0 Å². The molecule has 2 nitrogen and oxygen atoms in total. The van der Waals surface area contributed by atoms with Crippen LogP contribution in [0.5, 0.6) is 5.75 Å². The highest BCUT2D eigenvalue weighted by molar-refractivity contribution is 5.33. The summed E-state index contributed by atoms with van der Waals surface area (Å²) >= 11 is 0. The predicted molar refractivity (Wildman–Crippen MR) is 46.9 cm³/mol. The van der Waals surface area contributed by atoms with E-state index < -0.39 is 0 Å². The van der Waals surface area contributed by atoms with E-state index >= 15 is 0 Å². The largest absolute Gasteiger partial charge is 0.496 e. The number of hydrogen-bond donors (Lipinski definition) is 0. The van der Waals surface area contributed by atoms with E-state index in [2.05, 4.69) is 6.07 Å². The Bertz CT molecular complexity index is 288. The second-order valence-electron chi connectivity index (χ2n) is 2.47. The molecule has 12 heavy (non-hydrogen) atoms. The van der Waals surface area contributed by atoms with Gasteiger partial charge >= 0.3 is 0 Å². The lowest BCUT2D eigenvalue weighted by Crippen LogP contribution is -1.90. The lowest BCUT2D eigenvalue weighted by Gasteiger charge is -2.04. The number of benzene rings is 1. The molecule has 0 radical (unpaired) electrons. The Morgan fingerprint density at radius 3 is 2.83 bits per heavy atom. The van der Waals surface area contributed by atoms with Crippen LogP contribution in [0.4, 0.5) is 0 Å². The fourth-order valence-electron chi connectivity index (χ4n) is 1.10. The number of hydrogen-bond acceptors (Lipinski definition) is 2. The van der Waals surface area contributed by atoms with Crippen LogP contribution in [-0.2, 0) is 6.42 Å². The summed E-state index contributed by atoms with van der Waals surface area (Å²) in [5.41, 5.74) is 1.10. The third-order valence-corrected chi connectivity index (χ3v) is 1.70. The highest BCUT2D eigenvalue weighted by Crippen LogP contribution is 2.18. The first-order chi connectivity index (χ1) is 5.88. The molecule has 0 N–H and O–H groups in total. The van der Waals surface area contributed by atoms with Gasteiger partial charge in [0, 0.05) is 6.42 Å². The molecule has 0 atom stereocenters. The van der Waals surface area contributed by atoms with E-state index in [1.807, 2.05) is 24.3 Å². The summed E-state index contributed by atoms with van der Waals surface area (Å²) in [7, 11) is 1.64. The third-order valence-electron chi connectivity index (χ3n) is 1.70. The van der Waals surface area contributed by atoms with Crippen LogP contribution < -0.4 is 4.74 Å². The topological polar surface area (TPSA) is 33.0 Å². The van der Waals surface area contributed by atoms with Crippen molar-refractivity contribution in [3.05, 3.63) is 29.8 Å². The summed E-state index contributed by atoms with van der Waals surface area (Å²) in [6.45, 7) is 0. The van der Waals surface area contributed by atoms with Crippen LogP contribution in [0.25, 0.3) is 0 Å². The number of nitrogens with zero attached hydrogens (tertiary/aromatic N) is 1. The molecule has 0 heterocycles. The normalized spacial score (nSPS) is 9.00. The Kier molecular flexibility index (Phi) is 3.16. The lowest BCUT2D eigenvalue weighted by atomic mass is 10.1. The minimum Gasteiger partial charge on any atom is -0.496 e. The van der Waals surface area contributed by atoms with Crippen molar-refractivity contribution in [2.24, 2.45) is 0 Å². The van der Waals surface area contributed by atoms with Gasteiger partial charge in [-0.2, -0.15) is 5.26 Å². The Balaban J connectivity index is 2.76. The smallest absolute Gasteiger partial charge is 0.122 e. The average Bonchev–Trinajstić information content (AvgIpc) is 2.15. The maximum atomic E-state index is 8.40. The van der Waals surface area contributed by atoms with Gasteiger partial charge in [0.05, 0.1) is 13.2 Å². The van der Waals surface area contributed by atoms with Crippen molar-refractivity contribution in [3.8, 4) is 11.8 Å². The first-order valence-corrected chi connectivity index (χ1v) is 3.87. The molecule has 0 bridgehead atoms. The van der Waals surface area contributed by atoms with Gasteiger partial charge < -0.3 is 4.74 Å². The molecule has 0 amide bonds. The molecule has 0 saturated heterocycles. The van der Waals surface area contributed by atoms with Crippen molar-refractivity contribution >= 4 is 0 Å². The molecule has 0 aliphatic carbocycles. The maximum Gasteiger partial charge on any atom is 0.122 e. The fraction of sp³-hybridized carbons (Fsp3) is 0.300. The van der Waals surface area contributed by atoms with Crippen LogP contribution >= 0.6 is 0 Å². The highest BCUT2D eigenvalue weighted by atomic mass is 16.5. The van der Waals surface area contributed by atoms with Crippen LogP contribution in [0.1, 0.15) is 12.0 Å². The van der Waals surface area contributed by atoms with Crippen LogP contribution in [0.2, 0.25) is 0 Å². The van der Waals surface area contributed by atoms with Gasteiger partial charge in [0.25, 0.3) is 0 Å². The van der Waals surface area contributed by atoms with Crippen LogP contribution in [0, 0.1) is 11.3 Å². The standard InChI is InChI=1S/C10H11NO/c1-12-10-7-3-2-5-9(10)6-4-8-11/h2-3,5,7H,4,6H2,1H3. The SMILES string of the molecule is COc1ccccc1CCC#N. The average molecular weight is 161 g/mol. The number of nitriles is 1. The third kappa shape index (κ3) is 2.00. The first-order valence-electron chi connectivity index (χ1n) is 3.87. The fourth-order valence-corrected chi connectivity index (χ4v) is 1.10. The molecule has 0 spiro atoms. The highest BCUT2D eigenvalue weighted by Gasteiger charge is 1.99. The lowest BCUT2D eigenvalue weighted by molar-refractivity contribution is 0.409. The van der Waals surface area contributed by atoms with Crippen molar-refractivity contribution in [3.63, 3.8) is 0 Å². The number of rotatable bonds is 3. The van der Waals surface area contributed by atoms with Crippen molar-refractivity contribution in [2.45, 2.75) is 12.8 Å². The monoisotopic (exact) mass is 161 g/mol. The van der Waals surface area contributed by atoms with E-state index in [1.54, 1.807) is 7.11 Å². The van der Waals surface area contributed by atoms with Gasteiger partial charge in [-0.3, -0.25) is 0 Å². The van der Waals surface area contributed by atoms with E-state index in [4.69, 9.17) is 10.00 Å². The number of ether oxygens (including phenoxy) is 1.